The Labute approximate surface area is 493 Å². The van der Waals surface area contributed by atoms with E-state index < -0.39 is 17.4 Å². The van der Waals surface area contributed by atoms with Crippen LogP contribution in [0.5, 0.6) is 0 Å². The maximum Gasteiger partial charge on any atom is 0.310 e. The second kappa shape index (κ2) is 28.2. The highest BCUT2D eigenvalue weighted by molar-refractivity contribution is 5.76. The Morgan fingerprint density at radius 3 is 1.36 bits per heavy atom. The lowest BCUT2D eigenvalue weighted by Crippen LogP contribution is -2.55. The fourth-order valence-electron chi connectivity index (χ4n) is 22.0. The summed E-state index contributed by atoms with van der Waals surface area (Å²) in [5.74, 6) is 21.9. The van der Waals surface area contributed by atoms with Crippen LogP contribution in [0.3, 0.4) is 0 Å². The van der Waals surface area contributed by atoms with E-state index in [-0.39, 0.29) is 29.1 Å². The first-order chi connectivity index (χ1) is 38.3. The van der Waals surface area contributed by atoms with Gasteiger partial charge < -0.3 is 10.2 Å². The van der Waals surface area contributed by atoms with Crippen LogP contribution in [0, 0.1) is 134 Å². The van der Waals surface area contributed by atoms with Crippen molar-refractivity contribution in [3.8, 4) is 23.7 Å². The molecule has 8 aliphatic carbocycles. The van der Waals surface area contributed by atoms with Crippen LogP contribution in [-0.4, -0.2) is 22.2 Å². The molecule has 4 heteroatoms. The molecule has 0 amide bonds. The van der Waals surface area contributed by atoms with Gasteiger partial charge in [0.1, 0.15) is 0 Å². The van der Waals surface area contributed by atoms with Crippen LogP contribution >= 0.6 is 0 Å². The molecule has 2 N–H and O–H groups in total. The van der Waals surface area contributed by atoms with Crippen LogP contribution in [0.25, 0.3) is 0 Å². The quantitative estimate of drug-likeness (QED) is 0.0465. The smallest absolute Gasteiger partial charge is 0.310 e. The maximum atomic E-state index is 14.8. The zero-order chi connectivity index (χ0) is 57.3. The van der Waals surface area contributed by atoms with Crippen LogP contribution in [0.1, 0.15) is 307 Å². The van der Waals surface area contributed by atoms with Crippen molar-refractivity contribution in [1.29, 1.82) is 0 Å². The Kier molecular flexibility index (Phi) is 22.4. The van der Waals surface area contributed by atoms with Crippen LogP contribution in [0.15, 0.2) is 23.3 Å². The Bertz CT molecular complexity index is 2120. The highest BCUT2D eigenvalue weighted by Gasteiger charge is 2.64. The lowest BCUT2D eigenvalue weighted by molar-refractivity contribution is -0.163. The second-order valence-corrected chi connectivity index (χ2v) is 31.7. The van der Waals surface area contributed by atoms with Crippen LogP contribution in [-0.2, 0) is 9.59 Å². The molecule has 0 aromatic carbocycles. The third-order valence-corrected chi connectivity index (χ3v) is 26.5. The molecular formula is C76H122O4. The number of carbonyl (C=O) groups is 2. The molecule has 0 unspecified atom stereocenters. The second-order valence-electron chi connectivity index (χ2n) is 31.7. The number of rotatable bonds is 28. The van der Waals surface area contributed by atoms with E-state index in [4.69, 9.17) is 5.11 Å². The molecule has 450 valence electrons. The number of unbranched alkanes of at least 4 members (excludes halogenated alkanes) is 11. The van der Waals surface area contributed by atoms with E-state index in [1.807, 2.05) is 0 Å². The third kappa shape index (κ3) is 13.8. The molecule has 0 saturated heterocycles. The fourth-order valence-corrected chi connectivity index (χ4v) is 22.0. The largest absolute Gasteiger partial charge is 0.481 e. The molecule has 0 aromatic heterocycles. The number of hydrogen-bond acceptors (Lipinski definition) is 2. The summed E-state index contributed by atoms with van der Waals surface area (Å²) in [6.45, 7) is 25.6. The summed E-state index contributed by atoms with van der Waals surface area (Å²) in [6, 6.07) is 0. The van der Waals surface area contributed by atoms with Crippen molar-refractivity contribution >= 4 is 11.9 Å². The minimum Gasteiger partial charge on any atom is -0.481 e. The number of carboxylic acid groups (broad SMARTS) is 2. The third-order valence-electron chi connectivity index (χ3n) is 26.5. The summed E-state index contributed by atoms with van der Waals surface area (Å²) in [5, 5.41) is 21.0. The average molecular weight is 1100 g/mol. The van der Waals surface area contributed by atoms with Crippen molar-refractivity contribution in [3.05, 3.63) is 23.3 Å². The first kappa shape index (κ1) is 63.6. The zero-order valence-corrected chi connectivity index (χ0v) is 53.6. The lowest BCUT2D eigenvalue weighted by atomic mass is 9.43. The zero-order valence-electron chi connectivity index (χ0n) is 53.6. The number of carboxylic acids is 2. The van der Waals surface area contributed by atoms with Gasteiger partial charge in [-0.25, -0.2) is 0 Å². The molecule has 0 bridgehead atoms. The van der Waals surface area contributed by atoms with Crippen molar-refractivity contribution in [2.24, 2.45) is 110 Å². The van der Waals surface area contributed by atoms with E-state index in [1.54, 1.807) is 11.1 Å². The number of hydrogen-bond donors (Lipinski definition) is 2. The molecular weight excluding hydrogens is 977 g/mol. The molecule has 80 heavy (non-hydrogen) atoms. The van der Waals surface area contributed by atoms with Crippen molar-refractivity contribution in [1.82, 2.24) is 0 Å². The summed E-state index contributed by atoms with van der Waals surface area (Å²) < 4.78 is 0. The Morgan fingerprint density at radius 1 is 0.512 bits per heavy atom. The highest BCUT2D eigenvalue weighted by atomic mass is 16.4. The fraction of sp³-hybridized carbons (Fsp3) is 0.868. The molecule has 0 aliphatic heterocycles. The molecule has 4 nitrogen and oxygen atoms in total. The monoisotopic (exact) mass is 1100 g/mol. The Balaban J connectivity index is 0.930. The van der Waals surface area contributed by atoms with E-state index in [9.17, 15) is 14.7 Å². The van der Waals surface area contributed by atoms with Crippen molar-refractivity contribution in [3.63, 3.8) is 0 Å². The molecule has 6 fully saturated rings. The van der Waals surface area contributed by atoms with Gasteiger partial charge in [0.15, 0.2) is 0 Å². The van der Waals surface area contributed by atoms with Crippen LogP contribution in [0.4, 0.5) is 0 Å². The normalized spacial score (nSPS) is 36.7. The van der Waals surface area contributed by atoms with Crippen LogP contribution in [0.2, 0.25) is 0 Å². The Morgan fingerprint density at radius 2 is 0.938 bits per heavy atom. The van der Waals surface area contributed by atoms with Gasteiger partial charge in [0.25, 0.3) is 0 Å². The molecule has 8 aliphatic rings. The summed E-state index contributed by atoms with van der Waals surface area (Å²) in [5.41, 5.74) is 4.11. The number of allylic oxidation sites excluding steroid dienone is 4. The minimum atomic E-state index is -0.690. The van der Waals surface area contributed by atoms with E-state index in [2.05, 4.69) is 105 Å². The average Bonchev–Trinajstić information content (AvgIpc) is 4.16. The predicted octanol–water partition coefficient (Wildman–Crippen LogP) is 21.3. The van der Waals surface area contributed by atoms with Crippen molar-refractivity contribution < 1.29 is 19.8 Å². The summed E-state index contributed by atoms with van der Waals surface area (Å²) >= 11 is 0. The Hall–Kier alpha value is -2.46. The van der Waals surface area contributed by atoms with Gasteiger partial charge in [-0.15, -0.1) is 0 Å². The number of fused-ring (bicyclic) bond motifs is 10. The van der Waals surface area contributed by atoms with E-state index in [1.165, 1.54) is 116 Å². The molecule has 8 rings (SSSR count). The van der Waals surface area contributed by atoms with Crippen molar-refractivity contribution in [2.75, 3.05) is 0 Å². The van der Waals surface area contributed by atoms with Gasteiger partial charge in [-0.1, -0.05) is 194 Å². The van der Waals surface area contributed by atoms with Gasteiger partial charge in [0.2, 0.25) is 0 Å². The number of aliphatic carboxylic acids is 2. The van der Waals surface area contributed by atoms with Gasteiger partial charge in [0, 0.05) is 19.3 Å². The topological polar surface area (TPSA) is 74.6 Å². The predicted molar refractivity (Wildman–Crippen MR) is 336 cm³/mol. The molecule has 6 saturated carbocycles. The highest BCUT2D eigenvalue weighted by Crippen LogP contribution is 2.71. The minimum absolute atomic E-state index is 0.221. The maximum absolute atomic E-state index is 14.8. The van der Waals surface area contributed by atoms with E-state index in [0.717, 1.165) is 187 Å². The van der Waals surface area contributed by atoms with E-state index in [0.29, 0.717) is 10.8 Å². The first-order valence-electron chi connectivity index (χ1n) is 35.1. The van der Waals surface area contributed by atoms with Gasteiger partial charge >= 0.3 is 11.9 Å². The van der Waals surface area contributed by atoms with Gasteiger partial charge in [-0.05, 0) is 245 Å². The summed E-state index contributed by atoms with van der Waals surface area (Å²) in [4.78, 5) is 25.5. The van der Waals surface area contributed by atoms with Crippen LogP contribution < -0.4 is 0 Å². The molecule has 16 atom stereocenters. The lowest BCUT2D eigenvalue weighted by Gasteiger charge is -2.61. The summed E-state index contributed by atoms with van der Waals surface area (Å²) in [6.07, 6.45) is 49.0. The standard InChI is InChI=1S/C76H122O4/c1-54(2)30-28-32-56(5)64-39-41-66-62-37-35-58-52-60(43-48-72(58,7)68(62)45-50-74(64,66)9)76(71(79)80,47-27-25-23-21-19-17-15-13-11-12-14-16-18-20-22-24-26-34-70(77)78)61-44-49-73(8)59(53-61)36-38-63-67-42-40-65(57(6)33-29-31-55(3)4)75(67,10)51-46-69(63)73/h35-36,54-57,60-69H,14,16-34,37-53H2,1-10H3,(H,77,78)(H,79,80)/t56-,57-,60+,61+,62+,63+,64-,65-,66+,67+,68+,69+,72+,73+,74-,75-/m1/s1. The van der Waals surface area contributed by atoms with Crippen molar-refractivity contribution in [2.45, 2.75) is 307 Å². The summed E-state index contributed by atoms with van der Waals surface area (Å²) in [7, 11) is 0. The van der Waals surface area contributed by atoms with Gasteiger partial charge in [-0.2, -0.15) is 0 Å². The molecule has 0 spiro atoms. The SMILES string of the molecule is CC(C)CCC[C@@H](C)[C@H]1CC[C@H]2[C@@H]3CC=C4C[C@@H](C(CCCCCCCC#CC#CCCCCCCCCC(=O)O)(C(=O)O)[C@H]5CC[C@@]6(C)C(=CC[C@H]7[C@@H]8CC[C@H]([C@H](C)CCCC(C)C)[C@@]8(C)CC[C@@H]76)C5)CC[C@]4(C)[C@H]3CC[C@]12C. The molecule has 0 heterocycles. The molecule has 0 radical (unpaired) electrons. The molecule has 0 aromatic rings. The van der Waals surface area contributed by atoms with Gasteiger partial charge in [0.05, 0.1) is 5.41 Å². The van der Waals surface area contributed by atoms with E-state index >= 15 is 0 Å². The van der Waals surface area contributed by atoms with Gasteiger partial charge in [-0.3, -0.25) is 9.59 Å². The first-order valence-corrected chi connectivity index (χ1v) is 35.1.